The van der Waals surface area contributed by atoms with Gasteiger partial charge in [-0.3, -0.25) is 0 Å². The molecular formula is C13H18BrNO2. The maximum atomic E-state index is 5.67. The first-order chi connectivity index (χ1) is 8.31. The minimum atomic E-state index is 0.316. The zero-order chi connectivity index (χ0) is 12.1. The van der Waals surface area contributed by atoms with Crippen LogP contribution < -0.4 is 10.5 Å². The van der Waals surface area contributed by atoms with E-state index in [9.17, 15) is 0 Å². The fraction of sp³-hybridized carbons (Fsp3) is 0.538. The average molecular weight is 300 g/mol. The molecule has 1 fully saturated rings. The van der Waals surface area contributed by atoms with Crippen molar-refractivity contribution in [2.45, 2.75) is 19.3 Å². The predicted molar refractivity (Wildman–Crippen MR) is 71.1 cm³/mol. The maximum absolute atomic E-state index is 5.67. The highest BCUT2D eigenvalue weighted by atomic mass is 79.9. The lowest BCUT2D eigenvalue weighted by molar-refractivity contribution is 0.00906. The van der Waals surface area contributed by atoms with Crippen molar-refractivity contribution < 1.29 is 9.47 Å². The largest absolute Gasteiger partial charge is 0.466 e. The van der Waals surface area contributed by atoms with E-state index in [4.69, 9.17) is 15.2 Å². The quantitative estimate of drug-likeness (QED) is 0.622. The summed E-state index contributed by atoms with van der Waals surface area (Å²) in [6, 6.07) is 6.00. The molecule has 0 spiro atoms. The van der Waals surface area contributed by atoms with Crippen LogP contribution in [0.1, 0.15) is 18.4 Å². The number of rotatable bonds is 7. The Kier molecular flexibility index (Phi) is 4.83. The Bertz CT molecular complexity index is 366. The first-order valence-corrected chi connectivity index (χ1v) is 6.78. The summed E-state index contributed by atoms with van der Waals surface area (Å²) in [5, 5.41) is 0. The summed E-state index contributed by atoms with van der Waals surface area (Å²) in [6.07, 6.45) is 3.41. The second kappa shape index (κ2) is 6.38. The summed E-state index contributed by atoms with van der Waals surface area (Å²) in [7, 11) is 0. The van der Waals surface area contributed by atoms with Gasteiger partial charge < -0.3 is 15.2 Å². The van der Waals surface area contributed by atoms with Gasteiger partial charge in [-0.05, 0) is 59.3 Å². The fourth-order valence-electron chi connectivity index (χ4n) is 1.67. The number of ether oxygens (including phenoxy) is 2. The van der Waals surface area contributed by atoms with Crippen LogP contribution in [0.25, 0.3) is 0 Å². The van der Waals surface area contributed by atoms with E-state index in [0.29, 0.717) is 13.3 Å². The van der Waals surface area contributed by atoms with E-state index >= 15 is 0 Å². The van der Waals surface area contributed by atoms with E-state index in [1.54, 1.807) is 0 Å². The Morgan fingerprint density at radius 3 is 2.88 bits per heavy atom. The van der Waals surface area contributed by atoms with Gasteiger partial charge in [-0.1, -0.05) is 12.1 Å². The number of halogens is 1. The van der Waals surface area contributed by atoms with E-state index in [2.05, 4.69) is 15.9 Å². The molecule has 0 radical (unpaired) electrons. The Balaban J connectivity index is 1.87. The van der Waals surface area contributed by atoms with Crippen LogP contribution in [-0.2, 0) is 11.2 Å². The summed E-state index contributed by atoms with van der Waals surface area (Å²) in [6.45, 7) is 1.75. The highest BCUT2D eigenvalue weighted by molar-refractivity contribution is 9.10. The molecular weight excluding hydrogens is 282 g/mol. The van der Waals surface area contributed by atoms with Gasteiger partial charge in [0.25, 0.3) is 0 Å². The Labute approximate surface area is 110 Å². The standard InChI is InChI=1S/C13H18BrNO2/c14-12-3-1-2-11(6-7-15)13(12)17-9-16-8-10-4-5-10/h1-3,10H,4-9,15H2. The van der Waals surface area contributed by atoms with E-state index in [1.807, 2.05) is 18.2 Å². The summed E-state index contributed by atoms with van der Waals surface area (Å²) in [5.74, 6) is 1.62. The van der Waals surface area contributed by atoms with Crippen molar-refractivity contribution in [2.24, 2.45) is 11.7 Å². The monoisotopic (exact) mass is 299 g/mol. The number of hydrogen-bond acceptors (Lipinski definition) is 3. The molecule has 0 atom stereocenters. The molecule has 0 saturated heterocycles. The zero-order valence-electron chi connectivity index (χ0n) is 9.82. The lowest BCUT2D eigenvalue weighted by Gasteiger charge is -2.12. The predicted octanol–water partition coefficient (Wildman–Crippen LogP) is 2.71. The Morgan fingerprint density at radius 1 is 1.35 bits per heavy atom. The molecule has 2 N–H and O–H groups in total. The number of nitrogens with two attached hydrogens (primary N) is 1. The molecule has 0 amide bonds. The number of para-hydroxylation sites is 1. The van der Waals surface area contributed by atoms with Crippen molar-refractivity contribution in [3.05, 3.63) is 28.2 Å². The molecule has 0 bridgehead atoms. The van der Waals surface area contributed by atoms with E-state index < -0.39 is 0 Å². The lowest BCUT2D eigenvalue weighted by atomic mass is 10.1. The van der Waals surface area contributed by atoms with Crippen LogP contribution >= 0.6 is 15.9 Å². The van der Waals surface area contributed by atoms with Gasteiger partial charge in [-0.25, -0.2) is 0 Å². The molecule has 1 aromatic rings. The molecule has 4 heteroatoms. The maximum Gasteiger partial charge on any atom is 0.189 e. The molecule has 17 heavy (non-hydrogen) atoms. The number of hydrogen-bond donors (Lipinski definition) is 1. The molecule has 1 aliphatic carbocycles. The summed E-state index contributed by atoms with van der Waals surface area (Å²) >= 11 is 3.49. The molecule has 0 unspecified atom stereocenters. The smallest absolute Gasteiger partial charge is 0.189 e. The van der Waals surface area contributed by atoms with Crippen molar-refractivity contribution in [2.75, 3.05) is 19.9 Å². The van der Waals surface area contributed by atoms with Crippen molar-refractivity contribution in [3.63, 3.8) is 0 Å². The first-order valence-electron chi connectivity index (χ1n) is 5.99. The lowest BCUT2D eigenvalue weighted by Crippen LogP contribution is -2.09. The fourth-order valence-corrected chi connectivity index (χ4v) is 2.19. The normalized spacial score (nSPS) is 14.9. The average Bonchev–Trinajstić information content (AvgIpc) is 3.11. The van der Waals surface area contributed by atoms with E-state index in [1.165, 1.54) is 12.8 Å². The highest BCUT2D eigenvalue weighted by Crippen LogP contribution is 2.30. The molecule has 3 nitrogen and oxygen atoms in total. The van der Waals surface area contributed by atoms with Crippen LogP contribution in [0.15, 0.2) is 22.7 Å². The molecule has 1 aromatic carbocycles. The molecule has 2 rings (SSSR count). The van der Waals surface area contributed by atoms with Gasteiger partial charge in [0, 0.05) is 0 Å². The third-order valence-corrected chi connectivity index (χ3v) is 3.42. The van der Waals surface area contributed by atoms with Crippen LogP contribution in [0.3, 0.4) is 0 Å². The molecule has 0 heterocycles. The third kappa shape index (κ3) is 3.98. The van der Waals surface area contributed by atoms with Gasteiger partial charge in [0.1, 0.15) is 5.75 Å². The van der Waals surface area contributed by atoms with E-state index in [0.717, 1.165) is 34.7 Å². The van der Waals surface area contributed by atoms with Crippen LogP contribution in [0.2, 0.25) is 0 Å². The van der Waals surface area contributed by atoms with E-state index in [-0.39, 0.29) is 0 Å². The first kappa shape index (κ1) is 12.9. The van der Waals surface area contributed by atoms with Crippen LogP contribution in [-0.4, -0.2) is 19.9 Å². The minimum Gasteiger partial charge on any atom is -0.466 e. The van der Waals surface area contributed by atoms with Gasteiger partial charge in [0.2, 0.25) is 0 Å². The van der Waals surface area contributed by atoms with Crippen molar-refractivity contribution in [1.82, 2.24) is 0 Å². The SMILES string of the molecule is NCCc1cccc(Br)c1OCOCC1CC1. The van der Waals surface area contributed by atoms with Gasteiger partial charge in [-0.15, -0.1) is 0 Å². The van der Waals surface area contributed by atoms with Gasteiger partial charge in [-0.2, -0.15) is 0 Å². The molecule has 0 aliphatic heterocycles. The Morgan fingerprint density at radius 2 is 2.18 bits per heavy atom. The second-order valence-electron chi connectivity index (χ2n) is 4.34. The van der Waals surface area contributed by atoms with Crippen LogP contribution in [0.4, 0.5) is 0 Å². The summed E-state index contributed by atoms with van der Waals surface area (Å²) < 4.78 is 12.1. The summed E-state index contributed by atoms with van der Waals surface area (Å²) in [5.41, 5.74) is 6.70. The minimum absolute atomic E-state index is 0.316. The van der Waals surface area contributed by atoms with Crippen molar-refractivity contribution in [3.8, 4) is 5.75 Å². The number of benzene rings is 1. The van der Waals surface area contributed by atoms with Crippen LogP contribution in [0.5, 0.6) is 5.75 Å². The highest BCUT2D eigenvalue weighted by Gasteiger charge is 2.21. The Hall–Kier alpha value is -0.580. The van der Waals surface area contributed by atoms with Crippen molar-refractivity contribution >= 4 is 15.9 Å². The van der Waals surface area contributed by atoms with Gasteiger partial charge in [0.05, 0.1) is 11.1 Å². The molecule has 0 aromatic heterocycles. The zero-order valence-corrected chi connectivity index (χ0v) is 11.4. The molecule has 1 saturated carbocycles. The molecule has 94 valence electrons. The summed E-state index contributed by atoms with van der Waals surface area (Å²) in [4.78, 5) is 0. The molecule has 1 aliphatic rings. The topological polar surface area (TPSA) is 44.5 Å². The van der Waals surface area contributed by atoms with Gasteiger partial charge >= 0.3 is 0 Å². The third-order valence-electron chi connectivity index (χ3n) is 2.80. The second-order valence-corrected chi connectivity index (χ2v) is 5.20. The van der Waals surface area contributed by atoms with Crippen LogP contribution in [0, 0.1) is 5.92 Å². The van der Waals surface area contributed by atoms with Gasteiger partial charge in [0.15, 0.2) is 6.79 Å². The van der Waals surface area contributed by atoms with Crippen molar-refractivity contribution in [1.29, 1.82) is 0 Å².